The molecule has 3 nitrogen and oxygen atoms in total. The lowest BCUT2D eigenvalue weighted by Crippen LogP contribution is -1.89. The molecule has 0 bridgehead atoms. The zero-order valence-electron chi connectivity index (χ0n) is 28.6. The van der Waals surface area contributed by atoms with Crippen LogP contribution in [0.15, 0.2) is 187 Å². The van der Waals surface area contributed by atoms with Gasteiger partial charge in [-0.2, -0.15) is 0 Å². The van der Waals surface area contributed by atoms with Crippen LogP contribution in [0.25, 0.3) is 110 Å². The number of furan rings is 1. The monoisotopic (exact) mass is 674 g/mol. The topological polar surface area (TPSA) is 38.9 Å². The molecule has 11 rings (SSSR count). The predicted molar refractivity (Wildman–Crippen MR) is 221 cm³/mol. The zero-order chi connectivity index (χ0) is 34.9. The summed E-state index contributed by atoms with van der Waals surface area (Å²) in [6, 6.07) is 61.0. The molecule has 53 heavy (non-hydrogen) atoms. The van der Waals surface area contributed by atoms with Crippen LogP contribution in [-0.2, 0) is 0 Å². The Kier molecular flexibility index (Phi) is 6.55. The van der Waals surface area contributed by atoms with Crippen LogP contribution in [0.1, 0.15) is 0 Å². The Morgan fingerprint density at radius 2 is 0.811 bits per heavy atom. The molecule has 9 aromatic carbocycles. The lowest BCUT2D eigenvalue weighted by atomic mass is 9.91. The maximum absolute atomic E-state index is 6.46. The van der Waals surface area contributed by atoms with Gasteiger partial charge in [0.15, 0.2) is 0 Å². The van der Waals surface area contributed by atoms with E-state index in [0.717, 1.165) is 49.3 Å². The van der Waals surface area contributed by atoms with Crippen molar-refractivity contribution in [3.63, 3.8) is 0 Å². The van der Waals surface area contributed by atoms with Crippen molar-refractivity contribution < 1.29 is 4.42 Å². The van der Waals surface area contributed by atoms with Crippen LogP contribution in [-0.4, -0.2) is 9.97 Å². The first-order valence-electron chi connectivity index (χ1n) is 18.0. The smallest absolute Gasteiger partial charge is 0.143 e. The molecule has 0 aliphatic carbocycles. The fraction of sp³-hybridized carbons (Fsp3) is 0. The predicted octanol–water partition coefficient (Wildman–Crippen LogP) is 13.7. The van der Waals surface area contributed by atoms with E-state index in [4.69, 9.17) is 14.4 Å². The average Bonchev–Trinajstić information content (AvgIpc) is 3.62. The Labute approximate surface area is 305 Å². The van der Waals surface area contributed by atoms with Crippen molar-refractivity contribution in [2.24, 2.45) is 0 Å². The third-order valence-corrected chi connectivity index (χ3v) is 10.8. The summed E-state index contributed by atoms with van der Waals surface area (Å²) in [6.45, 7) is 0. The molecule has 2 aromatic heterocycles. The number of aromatic nitrogens is 2. The molecular weight excluding hydrogens is 645 g/mol. The molecule has 0 saturated carbocycles. The highest BCUT2D eigenvalue weighted by Crippen LogP contribution is 2.41. The Bertz CT molecular complexity index is 3210. The van der Waals surface area contributed by atoms with Gasteiger partial charge in [0.2, 0.25) is 0 Å². The van der Waals surface area contributed by atoms with Gasteiger partial charge in [-0.25, -0.2) is 0 Å². The minimum Gasteiger partial charge on any atom is -0.455 e. The quantitative estimate of drug-likeness (QED) is 0.174. The first kappa shape index (κ1) is 29.6. The second-order valence-electron chi connectivity index (χ2n) is 13.7. The van der Waals surface area contributed by atoms with Crippen molar-refractivity contribution in [3.05, 3.63) is 182 Å². The lowest BCUT2D eigenvalue weighted by molar-refractivity contribution is 0.670. The SMILES string of the molecule is c1cc(-c2cccc(-c3cccc4c(-c5cccc6c5oc5ccccc56)cccc34)c2)cc(-c2ccc3c(c2)c2ccccc2c2nccnc32)c1. The Morgan fingerprint density at radius 3 is 1.57 bits per heavy atom. The van der Waals surface area contributed by atoms with E-state index >= 15 is 0 Å². The van der Waals surface area contributed by atoms with E-state index in [-0.39, 0.29) is 0 Å². The number of para-hydroxylation sites is 2. The highest BCUT2D eigenvalue weighted by atomic mass is 16.3. The molecule has 0 unspecified atom stereocenters. The number of rotatable bonds is 4. The van der Waals surface area contributed by atoms with Crippen LogP contribution < -0.4 is 0 Å². The van der Waals surface area contributed by atoms with Gasteiger partial charge >= 0.3 is 0 Å². The van der Waals surface area contributed by atoms with Crippen molar-refractivity contribution in [2.75, 3.05) is 0 Å². The van der Waals surface area contributed by atoms with Crippen molar-refractivity contribution >= 4 is 65.3 Å². The third kappa shape index (κ3) is 4.68. The Balaban J connectivity index is 1.01. The molecule has 0 aliphatic rings. The molecule has 0 radical (unpaired) electrons. The van der Waals surface area contributed by atoms with Gasteiger partial charge in [-0.05, 0) is 84.8 Å². The van der Waals surface area contributed by atoms with E-state index in [0.29, 0.717) is 0 Å². The van der Waals surface area contributed by atoms with Gasteiger partial charge < -0.3 is 4.42 Å². The first-order chi connectivity index (χ1) is 26.3. The minimum absolute atomic E-state index is 0.911. The van der Waals surface area contributed by atoms with E-state index in [2.05, 4.69) is 158 Å². The van der Waals surface area contributed by atoms with Crippen LogP contribution in [0.5, 0.6) is 0 Å². The summed E-state index contributed by atoms with van der Waals surface area (Å²) in [7, 11) is 0. The van der Waals surface area contributed by atoms with Gasteiger partial charge in [0.05, 0.1) is 11.0 Å². The molecule has 246 valence electrons. The van der Waals surface area contributed by atoms with Crippen molar-refractivity contribution in [2.45, 2.75) is 0 Å². The minimum atomic E-state index is 0.911. The van der Waals surface area contributed by atoms with E-state index in [9.17, 15) is 0 Å². The zero-order valence-corrected chi connectivity index (χ0v) is 28.6. The van der Waals surface area contributed by atoms with E-state index in [1.165, 1.54) is 60.5 Å². The fourth-order valence-electron chi connectivity index (χ4n) is 8.31. The van der Waals surface area contributed by atoms with Gasteiger partial charge in [-0.1, -0.05) is 146 Å². The Hall–Kier alpha value is -7.10. The number of nitrogens with zero attached hydrogens (tertiary/aromatic N) is 2. The summed E-state index contributed by atoms with van der Waals surface area (Å²) in [5, 5.41) is 9.31. The van der Waals surface area contributed by atoms with E-state index < -0.39 is 0 Å². The number of hydrogen-bond donors (Lipinski definition) is 0. The summed E-state index contributed by atoms with van der Waals surface area (Å²) in [6.07, 6.45) is 3.55. The first-order valence-corrected chi connectivity index (χ1v) is 18.0. The second kappa shape index (κ2) is 11.7. The van der Waals surface area contributed by atoms with E-state index in [1.807, 2.05) is 12.1 Å². The second-order valence-corrected chi connectivity index (χ2v) is 13.7. The van der Waals surface area contributed by atoms with E-state index in [1.54, 1.807) is 12.4 Å². The maximum atomic E-state index is 6.46. The summed E-state index contributed by atoms with van der Waals surface area (Å²) in [4.78, 5) is 9.44. The van der Waals surface area contributed by atoms with Crippen LogP contribution >= 0.6 is 0 Å². The van der Waals surface area contributed by atoms with Crippen molar-refractivity contribution in [1.29, 1.82) is 0 Å². The fourth-order valence-corrected chi connectivity index (χ4v) is 8.31. The molecular formula is C50H30N2O. The number of hydrogen-bond acceptors (Lipinski definition) is 3. The normalized spacial score (nSPS) is 11.8. The highest BCUT2D eigenvalue weighted by Gasteiger charge is 2.16. The van der Waals surface area contributed by atoms with Crippen LogP contribution in [0.4, 0.5) is 0 Å². The van der Waals surface area contributed by atoms with Gasteiger partial charge in [-0.3, -0.25) is 9.97 Å². The van der Waals surface area contributed by atoms with Gasteiger partial charge in [-0.15, -0.1) is 0 Å². The molecule has 11 aromatic rings. The number of benzene rings is 9. The lowest BCUT2D eigenvalue weighted by Gasteiger charge is -2.13. The third-order valence-electron chi connectivity index (χ3n) is 10.8. The molecule has 0 saturated heterocycles. The van der Waals surface area contributed by atoms with Crippen LogP contribution in [0.2, 0.25) is 0 Å². The average molecular weight is 675 g/mol. The summed E-state index contributed by atoms with van der Waals surface area (Å²) in [5.74, 6) is 0. The Morgan fingerprint density at radius 1 is 0.302 bits per heavy atom. The summed E-state index contributed by atoms with van der Waals surface area (Å²) < 4.78 is 6.46. The molecule has 0 fully saturated rings. The molecule has 0 N–H and O–H groups in total. The highest BCUT2D eigenvalue weighted by molar-refractivity contribution is 6.23. The molecule has 0 amide bonds. The van der Waals surface area contributed by atoms with Gasteiger partial charge in [0.25, 0.3) is 0 Å². The maximum Gasteiger partial charge on any atom is 0.143 e. The standard InChI is InChI=1S/C50H30N2O/c1-2-16-42-40(14-1)46-30-34(24-25-43(46)49-48(42)51-26-27-52-49)32-11-5-10-31(28-32)33-12-6-13-35(29-33)36-17-7-19-38-37(36)18-8-20-39(38)44-21-9-22-45-41-15-3-4-23-47(41)53-50(44)45/h1-30H. The molecule has 0 atom stereocenters. The molecule has 3 heteroatoms. The largest absolute Gasteiger partial charge is 0.455 e. The molecule has 2 heterocycles. The van der Waals surface area contributed by atoms with Gasteiger partial charge in [0.1, 0.15) is 11.2 Å². The van der Waals surface area contributed by atoms with Crippen molar-refractivity contribution in [3.8, 4) is 44.5 Å². The summed E-state index contributed by atoms with van der Waals surface area (Å²) >= 11 is 0. The van der Waals surface area contributed by atoms with Crippen LogP contribution in [0.3, 0.4) is 0 Å². The number of fused-ring (bicyclic) bond motifs is 10. The van der Waals surface area contributed by atoms with Crippen molar-refractivity contribution in [1.82, 2.24) is 9.97 Å². The van der Waals surface area contributed by atoms with Crippen LogP contribution in [0, 0.1) is 0 Å². The summed E-state index contributed by atoms with van der Waals surface area (Å²) in [5.41, 5.74) is 13.1. The molecule has 0 spiro atoms. The van der Waals surface area contributed by atoms with Gasteiger partial charge in [0, 0.05) is 39.5 Å². The molecule has 0 aliphatic heterocycles.